The van der Waals surface area contributed by atoms with Crippen LogP contribution >= 0.6 is 0 Å². The summed E-state index contributed by atoms with van der Waals surface area (Å²) in [5.74, 6) is -0.311. The number of anilines is 1. The Morgan fingerprint density at radius 2 is 1.95 bits per heavy atom. The van der Waals surface area contributed by atoms with Crippen LogP contribution in [-0.4, -0.2) is 42.2 Å². The van der Waals surface area contributed by atoms with Crippen molar-refractivity contribution in [3.63, 3.8) is 0 Å². The molecule has 7 heteroatoms. The van der Waals surface area contributed by atoms with Crippen molar-refractivity contribution < 1.29 is 14.8 Å². The van der Waals surface area contributed by atoms with E-state index >= 15 is 0 Å². The van der Waals surface area contributed by atoms with Gasteiger partial charge in [-0.05, 0) is 31.7 Å². The average molecular weight is 307 g/mol. The molecule has 2 rings (SSSR count). The van der Waals surface area contributed by atoms with E-state index in [9.17, 15) is 20.0 Å². The third-order valence-electron chi connectivity index (χ3n) is 3.95. The van der Waals surface area contributed by atoms with E-state index in [0.29, 0.717) is 24.1 Å². The minimum absolute atomic E-state index is 0.00479. The first-order valence-corrected chi connectivity index (χ1v) is 7.33. The van der Waals surface area contributed by atoms with E-state index < -0.39 is 4.92 Å². The molecule has 0 saturated heterocycles. The number of aliphatic hydroxyl groups excluding tert-OH is 1. The van der Waals surface area contributed by atoms with Crippen molar-refractivity contribution in [3.8, 4) is 0 Å². The van der Waals surface area contributed by atoms with Gasteiger partial charge in [0.25, 0.3) is 11.6 Å². The summed E-state index contributed by atoms with van der Waals surface area (Å²) in [6, 6.07) is 4.29. The molecule has 0 heterocycles. The van der Waals surface area contributed by atoms with Gasteiger partial charge in [0.15, 0.2) is 0 Å². The lowest BCUT2D eigenvalue weighted by atomic mass is 9.93. The van der Waals surface area contributed by atoms with Crippen LogP contribution in [0, 0.1) is 10.1 Å². The number of non-ortho nitro benzene ring substituents is 1. The number of rotatable bonds is 4. The van der Waals surface area contributed by atoms with Crippen molar-refractivity contribution in [2.24, 2.45) is 0 Å². The van der Waals surface area contributed by atoms with Crippen LogP contribution in [0.1, 0.15) is 36.0 Å². The van der Waals surface area contributed by atoms with Gasteiger partial charge in [0.2, 0.25) is 0 Å². The second kappa shape index (κ2) is 6.74. The minimum atomic E-state index is -0.507. The second-order valence-corrected chi connectivity index (χ2v) is 5.83. The third-order valence-corrected chi connectivity index (χ3v) is 3.95. The molecule has 120 valence electrons. The topological polar surface area (TPSA) is 95.7 Å². The Kier molecular flexibility index (Phi) is 4.97. The fraction of sp³-hybridized carbons (Fsp3) is 0.533. The molecule has 1 amide bonds. The minimum Gasteiger partial charge on any atom is -0.393 e. The molecule has 22 heavy (non-hydrogen) atoms. The standard InChI is InChI=1S/C15H21N3O4/c1-17(2)14-8-5-11(18(21)22)9-13(14)15(20)16-10-3-6-12(19)7-4-10/h5,8-10,12,19H,3-4,6-7H2,1-2H3,(H,16,20). The number of hydrogen-bond acceptors (Lipinski definition) is 5. The van der Waals surface area contributed by atoms with Crippen LogP contribution in [0.2, 0.25) is 0 Å². The number of aliphatic hydroxyl groups is 1. The number of carbonyl (C=O) groups is 1. The Hall–Kier alpha value is -2.15. The summed E-state index contributed by atoms with van der Waals surface area (Å²) in [6.07, 6.45) is 2.49. The third kappa shape index (κ3) is 3.73. The lowest BCUT2D eigenvalue weighted by Gasteiger charge is -2.27. The van der Waals surface area contributed by atoms with Gasteiger partial charge in [0.1, 0.15) is 0 Å². The molecule has 0 spiro atoms. The predicted molar refractivity (Wildman–Crippen MR) is 83.2 cm³/mol. The summed E-state index contributed by atoms with van der Waals surface area (Å²) >= 11 is 0. The van der Waals surface area contributed by atoms with Crippen LogP contribution < -0.4 is 10.2 Å². The molecule has 0 atom stereocenters. The van der Waals surface area contributed by atoms with Crippen molar-refractivity contribution >= 4 is 17.3 Å². The van der Waals surface area contributed by atoms with E-state index in [-0.39, 0.29) is 23.7 Å². The number of benzene rings is 1. The quantitative estimate of drug-likeness (QED) is 0.652. The van der Waals surface area contributed by atoms with Gasteiger partial charge < -0.3 is 15.3 Å². The van der Waals surface area contributed by atoms with Gasteiger partial charge in [-0.2, -0.15) is 0 Å². The van der Waals surface area contributed by atoms with Gasteiger partial charge in [0.05, 0.1) is 16.6 Å². The molecular formula is C15H21N3O4. The lowest BCUT2D eigenvalue weighted by molar-refractivity contribution is -0.384. The summed E-state index contributed by atoms with van der Waals surface area (Å²) < 4.78 is 0. The van der Waals surface area contributed by atoms with E-state index in [1.54, 1.807) is 25.1 Å². The van der Waals surface area contributed by atoms with Crippen LogP contribution in [0.4, 0.5) is 11.4 Å². The maximum Gasteiger partial charge on any atom is 0.270 e. The fourth-order valence-electron chi connectivity index (χ4n) is 2.69. The molecular weight excluding hydrogens is 286 g/mol. The van der Waals surface area contributed by atoms with Crippen LogP contribution in [0.3, 0.4) is 0 Å². The summed E-state index contributed by atoms with van der Waals surface area (Å²) in [4.78, 5) is 24.6. The molecule has 0 bridgehead atoms. The van der Waals surface area contributed by atoms with Crippen molar-refractivity contribution in [2.45, 2.75) is 37.8 Å². The largest absolute Gasteiger partial charge is 0.393 e. The lowest BCUT2D eigenvalue weighted by Crippen LogP contribution is -2.39. The molecule has 0 aromatic heterocycles. The summed E-state index contributed by atoms with van der Waals surface area (Å²) in [7, 11) is 3.57. The van der Waals surface area contributed by atoms with Gasteiger partial charge in [-0.1, -0.05) is 0 Å². The molecule has 1 aromatic carbocycles. The Bertz CT molecular complexity index is 566. The fourth-order valence-corrected chi connectivity index (χ4v) is 2.69. The highest BCUT2D eigenvalue weighted by molar-refractivity contribution is 6.00. The maximum absolute atomic E-state index is 12.5. The number of hydrogen-bond donors (Lipinski definition) is 2. The highest BCUT2D eigenvalue weighted by Crippen LogP contribution is 2.25. The van der Waals surface area contributed by atoms with Crippen LogP contribution in [0.25, 0.3) is 0 Å². The SMILES string of the molecule is CN(C)c1ccc([N+](=O)[O-])cc1C(=O)NC1CCC(O)CC1. The molecule has 0 radical (unpaired) electrons. The van der Waals surface area contributed by atoms with Crippen LogP contribution in [-0.2, 0) is 0 Å². The number of amides is 1. The van der Waals surface area contributed by atoms with Crippen molar-refractivity contribution in [2.75, 3.05) is 19.0 Å². The van der Waals surface area contributed by atoms with Gasteiger partial charge >= 0.3 is 0 Å². The molecule has 7 nitrogen and oxygen atoms in total. The molecule has 1 aliphatic rings. The Morgan fingerprint density at radius 3 is 2.50 bits per heavy atom. The molecule has 1 fully saturated rings. The van der Waals surface area contributed by atoms with Gasteiger partial charge in [0, 0.05) is 38.0 Å². The molecule has 0 aliphatic heterocycles. The average Bonchev–Trinajstić information content (AvgIpc) is 2.48. The molecule has 1 aromatic rings. The summed E-state index contributed by atoms with van der Waals surface area (Å²) in [6.45, 7) is 0. The maximum atomic E-state index is 12.5. The van der Waals surface area contributed by atoms with E-state index in [1.165, 1.54) is 12.1 Å². The first kappa shape index (κ1) is 16.2. The first-order valence-electron chi connectivity index (χ1n) is 7.33. The smallest absolute Gasteiger partial charge is 0.270 e. The molecule has 1 saturated carbocycles. The van der Waals surface area contributed by atoms with Crippen molar-refractivity contribution in [1.29, 1.82) is 0 Å². The number of nitrogens with zero attached hydrogens (tertiary/aromatic N) is 2. The highest BCUT2D eigenvalue weighted by atomic mass is 16.6. The number of nitro groups is 1. The Balaban J connectivity index is 2.19. The van der Waals surface area contributed by atoms with Crippen LogP contribution in [0.15, 0.2) is 18.2 Å². The van der Waals surface area contributed by atoms with Gasteiger partial charge in [-0.25, -0.2) is 0 Å². The zero-order valence-corrected chi connectivity index (χ0v) is 12.8. The van der Waals surface area contributed by atoms with Gasteiger partial charge in [-0.15, -0.1) is 0 Å². The van der Waals surface area contributed by atoms with Crippen molar-refractivity contribution in [1.82, 2.24) is 5.32 Å². The first-order chi connectivity index (χ1) is 10.4. The molecule has 1 aliphatic carbocycles. The van der Waals surface area contributed by atoms with E-state index in [2.05, 4.69) is 5.32 Å². The zero-order chi connectivity index (χ0) is 16.3. The highest BCUT2D eigenvalue weighted by Gasteiger charge is 2.24. The number of carbonyl (C=O) groups excluding carboxylic acids is 1. The molecule has 0 unspecified atom stereocenters. The normalized spacial score (nSPS) is 21.2. The Morgan fingerprint density at radius 1 is 1.32 bits per heavy atom. The van der Waals surface area contributed by atoms with Gasteiger partial charge in [-0.3, -0.25) is 14.9 Å². The van der Waals surface area contributed by atoms with Crippen LogP contribution in [0.5, 0.6) is 0 Å². The Labute approximate surface area is 129 Å². The number of nitro benzene ring substituents is 1. The number of nitrogens with one attached hydrogen (secondary N) is 1. The van der Waals surface area contributed by atoms with E-state index in [0.717, 1.165) is 12.8 Å². The predicted octanol–water partition coefficient (Wildman–Crippen LogP) is 1.69. The summed E-state index contributed by atoms with van der Waals surface area (Å²) in [5.41, 5.74) is 0.832. The monoisotopic (exact) mass is 307 g/mol. The summed E-state index contributed by atoms with van der Waals surface area (Å²) in [5, 5.41) is 23.3. The molecule has 2 N–H and O–H groups in total. The van der Waals surface area contributed by atoms with E-state index in [1.807, 2.05) is 0 Å². The van der Waals surface area contributed by atoms with E-state index in [4.69, 9.17) is 0 Å². The zero-order valence-electron chi connectivity index (χ0n) is 12.8. The second-order valence-electron chi connectivity index (χ2n) is 5.83. The van der Waals surface area contributed by atoms with Crippen molar-refractivity contribution in [3.05, 3.63) is 33.9 Å².